The standard InChI is InChI=1S/C14H25N3S/c1-14(2,10-17-9-12(16)8-15)11-4-6-13(18-3)7-5-11/h4-7,12,17H,8-10,15-16H2,1-3H3. The van der Waals surface area contributed by atoms with Gasteiger partial charge in [0, 0.05) is 36.0 Å². The van der Waals surface area contributed by atoms with Gasteiger partial charge in [0.05, 0.1) is 0 Å². The first kappa shape index (κ1) is 15.5. The third kappa shape index (κ3) is 4.61. The fourth-order valence-corrected chi connectivity index (χ4v) is 2.21. The first-order chi connectivity index (χ1) is 8.49. The minimum Gasteiger partial charge on any atom is -0.329 e. The highest BCUT2D eigenvalue weighted by molar-refractivity contribution is 7.98. The molecule has 1 aromatic carbocycles. The molecule has 18 heavy (non-hydrogen) atoms. The second-order valence-electron chi connectivity index (χ2n) is 5.24. The van der Waals surface area contributed by atoms with Crippen molar-refractivity contribution in [3.63, 3.8) is 0 Å². The van der Waals surface area contributed by atoms with Gasteiger partial charge in [0.1, 0.15) is 0 Å². The molecule has 0 amide bonds. The number of benzene rings is 1. The molecule has 102 valence electrons. The Bertz CT molecular complexity index is 349. The summed E-state index contributed by atoms with van der Waals surface area (Å²) in [7, 11) is 0. The van der Waals surface area contributed by atoms with E-state index in [0.717, 1.165) is 13.1 Å². The number of hydrogen-bond donors (Lipinski definition) is 3. The van der Waals surface area contributed by atoms with Crippen molar-refractivity contribution in [2.24, 2.45) is 11.5 Å². The number of rotatable bonds is 7. The van der Waals surface area contributed by atoms with E-state index in [1.165, 1.54) is 10.5 Å². The van der Waals surface area contributed by atoms with Gasteiger partial charge in [0.15, 0.2) is 0 Å². The quantitative estimate of drug-likeness (QED) is 0.656. The highest BCUT2D eigenvalue weighted by Gasteiger charge is 2.20. The molecule has 4 heteroatoms. The SMILES string of the molecule is CSc1ccc(C(C)(C)CNCC(N)CN)cc1. The highest BCUT2D eigenvalue weighted by Crippen LogP contribution is 2.24. The van der Waals surface area contributed by atoms with E-state index in [9.17, 15) is 0 Å². The Kier molecular flexibility index (Phi) is 6.15. The van der Waals surface area contributed by atoms with Crippen molar-refractivity contribution in [3.8, 4) is 0 Å². The van der Waals surface area contributed by atoms with Gasteiger partial charge in [-0.3, -0.25) is 0 Å². The van der Waals surface area contributed by atoms with Gasteiger partial charge in [0.2, 0.25) is 0 Å². The summed E-state index contributed by atoms with van der Waals surface area (Å²) in [6, 6.07) is 8.80. The molecule has 1 rings (SSSR count). The molecule has 5 N–H and O–H groups in total. The molecule has 1 aromatic rings. The first-order valence-electron chi connectivity index (χ1n) is 6.30. The van der Waals surface area contributed by atoms with E-state index in [2.05, 4.69) is 49.7 Å². The fourth-order valence-electron chi connectivity index (χ4n) is 1.80. The third-order valence-electron chi connectivity index (χ3n) is 3.15. The molecule has 1 unspecified atom stereocenters. The normalized spacial score (nSPS) is 13.6. The molecule has 0 heterocycles. The Labute approximate surface area is 115 Å². The second kappa shape index (κ2) is 7.14. The van der Waals surface area contributed by atoms with Gasteiger partial charge >= 0.3 is 0 Å². The molecule has 1 atom stereocenters. The second-order valence-corrected chi connectivity index (χ2v) is 6.12. The Balaban J connectivity index is 2.56. The van der Waals surface area contributed by atoms with E-state index >= 15 is 0 Å². The Morgan fingerprint density at radius 3 is 2.39 bits per heavy atom. The van der Waals surface area contributed by atoms with Gasteiger partial charge < -0.3 is 16.8 Å². The van der Waals surface area contributed by atoms with E-state index in [0.29, 0.717) is 6.54 Å². The van der Waals surface area contributed by atoms with Gasteiger partial charge in [0.25, 0.3) is 0 Å². The largest absolute Gasteiger partial charge is 0.329 e. The predicted molar refractivity (Wildman–Crippen MR) is 81.1 cm³/mol. The zero-order valence-corrected chi connectivity index (χ0v) is 12.4. The molecule has 0 bridgehead atoms. The lowest BCUT2D eigenvalue weighted by molar-refractivity contribution is 0.454. The van der Waals surface area contributed by atoms with Crippen molar-refractivity contribution in [1.29, 1.82) is 0 Å². The van der Waals surface area contributed by atoms with Crippen LogP contribution in [0.4, 0.5) is 0 Å². The Hall–Kier alpha value is -0.550. The lowest BCUT2D eigenvalue weighted by Crippen LogP contribution is -2.43. The van der Waals surface area contributed by atoms with E-state index in [-0.39, 0.29) is 11.5 Å². The smallest absolute Gasteiger partial charge is 0.0290 e. The molecule has 0 fully saturated rings. The van der Waals surface area contributed by atoms with Crippen LogP contribution in [0.3, 0.4) is 0 Å². The molecule has 0 aliphatic heterocycles. The van der Waals surface area contributed by atoms with Gasteiger partial charge in [-0.05, 0) is 24.0 Å². The van der Waals surface area contributed by atoms with Crippen molar-refractivity contribution in [2.45, 2.75) is 30.2 Å². The van der Waals surface area contributed by atoms with Crippen LogP contribution >= 0.6 is 11.8 Å². The molecular weight excluding hydrogens is 242 g/mol. The monoisotopic (exact) mass is 267 g/mol. The lowest BCUT2D eigenvalue weighted by atomic mass is 9.84. The van der Waals surface area contributed by atoms with Crippen molar-refractivity contribution in [2.75, 3.05) is 25.9 Å². The molecule has 0 aromatic heterocycles. The van der Waals surface area contributed by atoms with Crippen LogP contribution in [-0.4, -0.2) is 31.9 Å². The fraction of sp³-hybridized carbons (Fsp3) is 0.571. The Morgan fingerprint density at radius 2 is 1.89 bits per heavy atom. The number of hydrogen-bond acceptors (Lipinski definition) is 4. The molecule has 0 saturated heterocycles. The summed E-state index contributed by atoms with van der Waals surface area (Å²) in [5, 5.41) is 3.39. The van der Waals surface area contributed by atoms with Crippen molar-refractivity contribution in [3.05, 3.63) is 29.8 Å². The minimum atomic E-state index is 0.0414. The van der Waals surface area contributed by atoms with Crippen LogP contribution in [0, 0.1) is 0 Å². The van der Waals surface area contributed by atoms with Crippen molar-refractivity contribution < 1.29 is 0 Å². The van der Waals surface area contributed by atoms with Gasteiger partial charge in [-0.15, -0.1) is 11.8 Å². The molecule has 0 spiro atoms. The summed E-state index contributed by atoms with van der Waals surface area (Å²) < 4.78 is 0. The van der Waals surface area contributed by atoms with Crippen LogP contribution in [-0.2, 0) is 5.41 Å². The summed E-state index contributed by atoms with van der Waals surface area (Å²) in [6.45, 7) is 6.67. The summed E-state index contributed by atoms with van der Waals surface area (Å²) in [5.41, 5.74) is 12.7. The zero-order chi connectivity index (χ0) is 13.6. The van der Waals surface area contributed by atoms with E-state index in [4.69, 9.17) is 11.5 Å². The number of nitrogens with one attached hydrogen (secondary N) is 1. The number of thioether (sulfide) groups is 1. The maximum absolute atomic E-state index is 5.79. The van der Waals surface area contributed by atoms with Gasteiger partial charge in [-0.25, -0.2) is 0 Å². The lowest BCUT2D eigenvalue weighted by Gasteiger charge is -2.26. The van der Waals surface area contributed by atoms with Crippen LogP contribution in [0.15, 0.2) is 29.2 Å². The molecule has 0 aliphatic rings. The zero-order valence-electron chi connectivity index (χ0n) is 11.6. The van der Waals surface area contributed by atoms with E-state index in [1.807, 2.05) is 0 Å². The van der Waals surface area contributed by atoms with E-state index in [1.54, 1.807) is 11.8 Å². The molecule has 3 nitrogen and oxygen atoms in total. The van der Waals surface area contributed by atoms with Crippen molar-refractivity contribution in [1.82, 2.24) is 5.32 Å². The first-order valence-corrected chi connectivity index (χ1v) is 7.53. The van der Waals surface area contributed by atoms with Crippen molar-refractivity contribution >= 4 is 11.8 Å². The Morgan fingerprint density at radius 1 is 1.28 bits per heavy atom. The average molecular weight is 267 g/mol. The maximum atomic E-state index is 5.79. The summed E-state index contributed by atoms with van der Waals surface area (Å²) in [4.78, 5) is 1.30. The highest BCUT2D eigenvalue weighted by atomic mass is 32.2. The van der Waals surface area contributed by atoms with Gasteiger partial charge in [-0.2, -0.15) is 0 Å². The summed E-state index contributed by atoms with van der Waals surface area (Å²) in [5.74, 6) is 0. The van der Waals surface area contributed by atoms with Crippen LogP contribution in [0.5, 0.6) is 0 Å². The van der Waals surface area contributed by atoms with Crippen LogP contribution in [0.25, 0.3) is 0 Å². The van der Waals surface area contributed by atoms with Crippen LogP contribution in [0.1, 0.15) is 19.4 Å². The molecule has 0 aliphatic carbocycles. The third-order valence-corrected chi connectivity index (χ3v) is 3.89. The number of nitrogens with two attached hydrogens (primary N) is 2. The predicted octanol–water partition coefficient (Wildman–Crippen LogP) is 1.56. The average Bonchev–Trinajstić information content (AvgIpc) is 2.38. The molecule has 0 saturated carbocycles. The maximum Gasteiger partial charge on any atom is 0.0290 e. The summed E-state index contributed by atoms with van der Waals surface area (Å²) >= 11 is 1.77. The van der Waals surface area contributed by atoms with Crippen LogP contribution < -0.4 is 16.8 Å². The molecule has 0 radical (unpaired) electrons. The van der Waals surface area contributed by atoms with Crippen LogP contribution in [0.2, 0.25) is 0 Å². The van der Waals surface area contributed by atoms with E-state index < -0.39 is 0 Å². The summed E-state index contributed by atoms with van der Waals surface area (Å²) in [6.07, 6.45) is 2.09. The minimum absolute atomic E-state index is 0.0414. The van der Waals surface area contributed by atoms with Gasteiger partial charge in [-0.1, -0.05) is 26.0 Å². The molecular formula is C14H25N3S. The topological polar surface area (TPSA) is 64.1 Å².